The molecule has 104 valence electrons. The Morgan fingerprint density at radius 1 is 1.25 bits per heavy atom. The third-order valence-corrected chi connectivity index (χ3v) is 3.32. The number of nitrogens with zero attached hydrogens (tertiary/aromatic N) is 1. The molecule has 0 aliphatic rings. The molecule has 2 aromatic carbocycles. The molecule has 0 saturated heterocycles. The fraction of sp³-hybridized carbons (Fsp3) is 0.143. The number of hydrogen-bond donors (Lipinski definition) is 1. The molecule has 0 radical (unpaired) electrons. The van der Waals surface area contributed by atoms with Crippen molar-refractivity contribution < 1.29 is 9.66 Å². The van der Waals surface area contributed by atoms with Gasteiger partial charge in [-0.05, 0) is 59.5 Å². The zero-order valence-corrected chi connectivity index (χ0v) is 13.0. The van der Waals surface area contributed by atoms with Gasteiger partial charge in [0, 0.05) is 16.2 Å². The van der Waals surface area contributed by atoms with Crippen LogP contribution in [0.2, 0.25) is 0 Å². The molecule has 0 heterocycles. The van der Waals surface area contributed by atoms with E-state index in [1.807, 2.05) is 41.8 Å². The van der Waals surface area contributed by atoms with Crippen molar-refractivity contribution in [1.29, 1.82) is 0 Å². The highest BCUT2D eigenvalue weighted by Crippen LogP contribution is 2.32. The van der Waals surface area contributed by atoms with E-state index in [9.17, 15) is 10.1 Å². The molecular weight excluding hydrogens is 371 g/mol. The van der Waals surface area contributed by atoms with Crippen molar-refractivity contribution >= 4 is 28.3 Å². The third kappa shape index (κ3) is 3.67. The maximum Gasteiger partial charge on any atom is 0.312 e. The summed E-state index contributed by atoms with van der Waals surface area (Å²) < 4.78 is 6.39. The van der Waals surface area contributed by atoms with Crippen LogP contribution in [0.1, 0.15) is 5.56 Å². The first-order valence-electron chi connectivity index (χ1n) is 5.95. The van der Waals surface area contributed by atoms with Gasteiger partial charge in [0.15, 0.2) is 0 Å². The number of nitro benzene ring substituents is 1. The van der Waals surface area contributed by atoms with E-state index in [0.29, 0.717) is 5.75 Å². The second-order valence-electron chi connectivity index (χ2n) is 4.15. The second-order valence-corrected chi connectivity index (χ2v) is 5.39. The van der Waals surface area contributed by atoms with Crippen LogP contribution in [0.3, 0.4) is 0 Å². The summed E-state index contributed by atoms with van der Waals surface area (Å²) in [5.74, 6) is 0.825. The van der Waals surface area contributed by atoms with E-state index < -0.39 is 4.92 Å². The smallest absolute Gasteiger partial charge is 0.312 e. The first-order chi connectivity index (χ1) is 9.60. The average Bonchev–Trinajstić information content (AvgIpc) is 2.43. The molecule has 1 N–H and O–H groups in total. The summed E-state index contributed by atoms with van der Waals surface area (Å²) in [5.41, 5.74) is 1.09. The Morgan fingerprint density at radius 2 is 1.95 bits per heavy atom. The van der Waals surface area contributed by atoms with Crippen LogP contribution in [-0.2, 0) is 6.54 Å². The van der Waals surface area contributed by atoms with Gasteiger partial charge in [-0.1, -0.05) is 12.1 Å². The van der Waals surface area contributed by atoms with E-state index in [1.165, 1.54) is 6.07 Å². The van der Waals surface area contributed by atoms with Crippen LogP contribution >= 0.6 is 22.6 Å². The SMILES string of the molecule is CNCc1ccc(Oc2ccc(I)cc2[N+](=O)[O-])cc1. The van der Waals surface area contributed by atoms with Gasteiger partial charge < -0.3 is 10.1 Å². The zero-order valence-electron chi connectivity index (χ0n) is 10.8. The van der Waals surface area contributed by atoms with Crippen molar-refractivity contribution in [2.24, 2.45) is 0 Å². The molecule has 6 heteroatoms. The van der Waals surface area contributed by atoms with Crippen molar-refractivity contribution in [3.05, 3.63) is 61.7 Å². The molecule has 0 aromatic heterocycles. The Hall–Kier alpha value is -1.67. The van der Waals surface area contributed by atoms with Gasteiger partial charge in [0.2, 0.25) is 5.75 Å². The summed E-state index contributed by atoms with van der Waals surface area (Å²) in [5, 5.41) is 14.1. The molecule has 2 aromatic rings. The zero-order chi connectivity index (χ0) is 14.5. The van der Waals surface area contributed by atoms with Crippen molar-refractivity contribution in [2.45, 2.75) is 6.54 Å². The van der Waals surface area contributed by atoms with Gasteiger partial charge in [-0.2, -0.15) is 0 Å². The molecule has 0 fully saturated rings. The molecule has 0 aliphatic carbocycles. The van der Waals surface area contributed by atoms with Gasteiger partial charge in [0.05, 0.1) is 4.92 Å². The molecule has 0 amide bonds. The van der Waals surface area contributed by atoms with Crippen molar-refractivity contribution in [2.75, 3.05) is 7.05 Å². The summed E-state index contributed by atoms with van der Waals surface area (Å²) >= 11 is 2.03. The van der Waals surface area contributed by atoms with E-state index in [-0.39, 0.29) is 11.4 Å². The van der Waals surface area contributed by atoms with Gasteiger partial charge in [-0.15, -0.1) is 0 Å². The largest absolute Gasteiger partial charge is 0.450 e. The molecule has 0 aliphatic heterocycles. The Morgan fingerprint density at radius 3 is 2.55 bits per heavy atom. The normalized spacial score (nSPS) is 10.3. The number of benzene rings is 2. The van der Waals surface area contributed by atoms with E-state index in [0.717, 1.165) is 15.7 Å². The number of halogens is 1. The number of nitro groups is 1. The van der Waals surface area contributed by atoms with Gasteiger partial charge in [-0.25, -0.2) is 0 Å². The molecule has 0 atom stereocenters. The maximum absolute atomic E-state index is 11.0. The Labute approximate surface area is 130 Å². The lowest BCUT2D eigenvalue weighted by atomic mass is 10.2. The molecular formula is C14H13IN2O3. The fourth-order valence-electron chi connectivity index (χ4n) is 1.73. The molecule has 0 bridgehead atoms. The van der Waals surface area contributed by atoms with E-state index >= 15 is 0 Å². The molecule has 20 heavy (non-hydrogen) atoms. The molecule has 0 spiro atoms. The van der Waals surface area contributed by atoms with E-state index in [1.54, 1.807) is 24.3 Å². The lowest BCUT2D eigenvalue weighted by Gasteiger charge is -2.07. The monoisotopic (exact) mass is 384 g/mol. The molecule has 5 nitrogen and oxygen atoms in total. The summed E-state index contributed by atoms with van der Waals surface area (Å²) in [6.07, 6.45) is 0. The Balaban J connectivity index is 2.23. The highest BCUT2D eigenvalue weighted by atomic mass is 127. The summed E-state index contributed by atoms with van der Waals surface area (Å²) in [7, 11) is 1.87. The standard InChI is InChI=1S/C14H13IN2O3/c1-16-9-10-2-5-12(6-3-10)20-14-7-4-11(15)8-13(14)17(18)19/h2-8,16H,9H2,1H3. The van der Waals surface area contributed by atoms with E-state index in [4.69, 9.17) is 4.74 Å². The third-order valence-electron chi connectivity index (χ3n) is 2.65. The molecule has 0 saturated carbocycles. The molecule has 0 unspecified atom stereocenters. The average molecular weight is 384 g/mol. The fourth-order valence-corrected chi connectivity index (χ4v) is 2.20. The predicted molar refractivity (Wildman–Crippen MR) is 85.1 cm³/mol. The minimum atomic E-state index is -0.438. The van der Waals surface area contributed by atoms with Crippen LogP contribution in [0.25, 0.3) is 0 Å². The van der Waals surface area contributed by atoms with Crippen molar-refractivity contribution in [3.63, 3.8) is 0 Å². The quantitative estimate of drug-likeness (QED) is 0.485. The summed E-state index contributed by atoms with van der Waals surface area (Å²) in [6.45, 7) is 0.768. The van der Waals surface area contributed by atoms with Crippen LogP contribution < -0.4 is 10.1 Å². The van der Waals surface area contributed by atoms with Crippen LogP contribution in [0.15, 0.2) is 42.5 Å². The van der Waals surface area contributed by atoms with Crippen LogP contribution in [0.5, 0.6) is 11.5 Å². The number of ether oxygens (including phenoxy) is 1. The van der Waals surface area contributed by atoms with Gasteiger partial charge in [0.1, 0.15) is 5.75 Å². The molecule has 2 rings (SSSR count). The number of nitrogens with one attached hydrogen (secondary N) is 1. The minimum Gasteiger partial charge on any atom is -0.450 e. The Kier molecular flexibility index (Phi) is 4.91. The Bertz CT molecular complexity index is 614. The maximum atomic E-state index is 11.0. The predicted octanol–water partition coefficient (Wildman–Crippen LogP) is 3.71. The highest BCUT2D eigenvalue weighted by molar-refractivity contribution is 14.1. The number of rotatable bonds is 5. The summed E-state index contributed by atoms with van der Waals surface area (Å²) in [6, 6.07) is 12.3. The lowest BCUT2D eigenvalue weighted by molar-refractivity contribution is -0.385. The van der Waals surface area contributed by atoms with Crippen LogP contribution in [-0.4, -0.2) is 12.0 Å². The highest BCUT2D eigenvalue weighted by Gasteiger charge is 2.16. The topological polar surface area (TPSA) is 64.4 Å². The van der Waals surface area contributed by atoms with Crippen molar-refractivity contribution in [1.82, 2.24) is 5.32 Å². The number of hydrogen-bond acceptors (Lipinski definition) is 4. The lowest BCUT2D eigenvalue weighted by Crippen LogP contribution is -2.04. The van der Waals surface area contributed by atoms with Crippen LogP contribution in [0, 0.1) is 13.7 Å². The van der Waals surface area contributed by atoms with E-state index in [2.05, 4.69) is 5.32 Å². The summed E-state index contributed by atoms with van der Waals surface area (Å²) in [4.78, 5) is 10.6. The van der Waals surface area contributed by atoms with Crippen molar-refractivity contribution in [3.8, 4) is 11.5 Å². The first-order valence-corrected chi connectivity index (χ1v) is 7.03. The second kappa shape index (κ2) is 6.67. The van der Waals surface area contributed by atoms with Gasteiger partial charge in [0.25, 0.3) is 0 Å². The minimum absolute atomic E-state index is 0.0313. The van der Waals surface area contributed by atoms with Crippen LogP contribution in [0.4, 0.5) is 5.69 Å². The van der Waals surface area contributed by atoms with Gasteiger partial charge in [-0.3, -0.25) is 10.1 Å². The van der Waals surface area contributed by atoms with Gasteiger partial charge >= 0.3 is 5.69 Å². The first kappa shape index (κ1) is 14.7.